The van der Waals surface area contributed by atoms with E-state index >= 15 is 0 Å². The Kier molecular flexibility index (Phi) is 5.20. The van der Waals surface area contributed by atoms with Gasteiger partial charge in [0, 0.05) is 29.7 Å². The number of carbonyl (C=O) groups excluding carboxylic acids is 1. The Labute approximate surface area is 162 Å². The Morgan fingerprint density at radius 2 is 2.04 bits per heavy atom. The largest absolute Gasteiger partial charge is 0.338 e. The lowest BCUT2D eigenvalue weighted by molar-refractivity contribution is 0.0766. The van der Waals surface area contributed by atoms with Gasteiger partial charge in [0.1, 0.15) is 6.33 Å². The topological polar surface area (TPSA) is 63.9 Å². The number of tetrazole rings is 1. The highest BCUT2D eigenvalue weighted by Crippen LogP contribution is 2.36. The Bertz CT molecular complexity index is 928. The average Bonchev–Trinajstić information content (AvgIpc) is 3.13. The van der Waals surface area contributed by atoms with Gasteiger partial charge >= 0.3 is 0 Å². The first-order chi connectivity index (χ1) is 13.2. The van der Waals surface area contributed by atoms with Crippen molar-refractivity contribution in [3.8, 4) is 5.69 Å². The fraction of sp³-hybridized carbons (Fsp3) is 0.300. The summed E-state index contributed by atoms with van der Waals surface area (Å²) in [4.78, 5) is 15.0. The third-order valence-corrected chi connectivity index (χ3v) is 6.18. The van der Waals surface area contributed by atoms with Crippen LogP contribution < -0.4 is 0 Å². The SMILES string of the molecule is Cc1ccccc1[C@@H]1CCN(C(=O)c2cccc(-n3cnnn3)c2)CCS1. The molecule has 1 fully saturated rings. The van der Waals surface area contributed by atoms with Crippen molar-refractivity contribution in [2.75, 3.05) is 18.8 Å². The van der Waals surface area contributed by atoms with Gasteiger partial charge in [-0.1, -0.05) is 30.3 Å². The van der Waals surface area contributed by atoms with Gasteiger partial charge in [0.25, 0.3) is 5.91 Å². The number of aryl methyl sites for hydroxylation is 1. The van der Waals surface area contributed by atoms with Crippen LogP contribution >= 0.6 is 11.8 Å². The minimum atomic E-state index is 0.0657. The number of benzene rings is 2. The lowest BCUT2D eigenvalue weighted by atomic mass is 10.0. The molecule has 0 saturated carbocycles. The van der Waals surface area contributed by atoms with Gasteiger partial charge in [-0.05, 0) is 53.1 Å². The van der Waals surface area contributed by atoms with Crippen LogP contribution in [0.15, 0.2) is 54.9 Å². The van der Waals surface area contributed by atoms with Gasteiger partial charge < -0.3 is 4.90 Å². The fourth-order valence-corrected chi connectivity index (χ4v) is 4.74. The van der Waals surface area contributed by atoms with E-state index in [-0.39, 0.29) is 5.91 Å². The minimum Gasteiger partial charge on any atom is -0.338 e. The van der Waals surface area contributed by atoms with Crippen LogP contribution in [-0.2, 0) is 0 Å². The third-order valence-electron chi connectivity index (χ3n) is 4.87. The van der Waals surface area contributed by atoms with E-state index in [2.05, 4.69) is 46.7 Å². The molecular formula is C20H21N5OS. The van der Waals surface area contributed by atoms with Crippen LogP contribution in [-0.4, -0.2) is 49.9 Å². The van der Waals surface area contributed by atoms with Gasteiger partial charge in [-0.25, -0.2) is 4.68 Å². The lowest BCUT2D eigenvalue weighted by Crippen LogP contribution is -2.33. The molecule has 0 N–H and O–H groups in total. The number of aromatic nitrogens is 4. The monoisotopic (exact) mass is 379 g/mol. The summed E-state index contributed by atoms with van der Waals surface area (Å²) in [5, 5.41) is 11.6. The quantitative estimate of drug-likeness (QED) is 0.699. The fourth-order valence-electron chi connectivity index (χ4n) is 3.41. The van der Waals surface area contributed by atoms with Gasteiger partial charge in [-0.3, -0.25) is 4.79 Å². The van der Waals surface area contributed by atoms with Crippen molar-refractivity contribution in [2.24, 2.45) is 0 Å². The number of thioether (sulfide) groups is 1. The molecule has 1 atom stereocenters. The smallest absolute Gasteiger partial charge is 0.253 e. The van der Waals surface area contributed by atoms with Crippen LogP contribution in [0.25, 0.3) is 5.69 Å². The lowest BCUT2D eigenvalue weighted by Gasteiger charge is -2.21. The second-order valence-electron chi connectivity index (χ2n) is 6.60. The Morgan fingerprint density at radius 1 is 1.15 bits per heavy atom. The average molecular weight is 379 g/mol. The molecule has 138 valence electrons. The molecule has 1 amide bonds. The molecule has 0 aliphatic carbocycles. The molecule has 2 heterocycles. The Morgan fingerprint density at radius 3 is 2.85 bits per heavy atom. The first kappa shape index (κ1) is 17.7. The molecule has 3 aromatic rings. The van der Waals surface area contributed by atoms with E-state index in [1.165, 1.54) is 17.5 Å². The van der Waals surface area contributed by atoms with Gasteiger partial charge in [0.15, 0.2) is 0 Å². The van der Waals surface area contributed by atoms with E-state index in [4.69, 9.17) is 0 Å². The molecule has 0 spiro atoms. The summed E-state index contributed by atoms with van der Waals surface area (Å²) in [7, 11) is 0. The summed E-state index contributed by atoms with van der Waals surface area (Å²) in [5.41, 5.74) is 4.16. The molecule has 0 bridgehead atoms. The maximum Gasteiger partial charge on any atom is 0.253 e. The zero-order valence-electron chi connectivity index (χ0n) is 15.2. The van der Waals surface area contributed by atoms with Crippen molar-refractivity contribution >= 4 is 17.7 Å². The van der Waals surface area contributed by atoms with Gasteiger partial charge in [-0.2, -0.15) is 11.8 Å². The second kappa shape index (κ2) is 7.92. The van der Waals surface area contributed by atoms with E-state index in [9.17, 15) is 4.79 Å². The Hall–Kier alpha value is -2.67. The molecular weight excluding hydrogens is 358 g/mol. The van der Waals surface area contributed by atoms with Gasteiger partial charge in [-0.15, -0.1) is 5.10 Å². The highest BCUT2D eigenvalue weighted by molar-refractivity contribution is 7.99. The van der Waals surface area contributed by atoms with Crippen LogP contribution in [0.1, 0.15) is 33.2 Å². The van der Waals surface area contributed by atoms with Gasteiger partial charge in [0.2, 0.25) is 0 Å². The number of amides is 1. The van der Waals surface area contributed by atoms with E-state index in [0.717, 1.165) is 31.0 Å². The summed E-state index contributed by atoms with van der Waals surface area (Å²) in [5.74, 6) is 1.01. The van der Waals surface area contributed by atoms with Crippen molar-refractivity contribution < 1.29 is 4.79 Å². The molecule has 1 aliphatic rings. The van der Waals surface area contributed by atoms with E-state index in [1.54, 1.807) is 4.68 Å². The van der Waals surface area contributed by atoms with Crippen LogP contribution in [0.4, 0.5) is 0 Å². The third kappa shape index (κ3) is 3.88. The number of carbonyl (C=O) groups is 1. The predicted octanol–water partition coefficient (Wildman–Crippen LogP) is 3.29. The molecule has 1 aliphatic heterocycles. The molecule has 0 unspecified atom stereocenters. The summed E-state index contributed by atoms with van der Waals surface area (Å²) in [6, 6.07) is 16.0. The maximum absolute atomic E-state index is 13.0. The van der Waals surface area contributed by atoms with Crippen LogP contribution in [0, 0.1) is 6.92 Å². The number of rotatable bonds is 3. The molecule has 27 heavy (non-hydrogen) atoms. The summed E-state index contributed by atoms with van der Waals surface area (Å²) < 4.78 is 1.56. The van der Waals surface area contributed by atoms with Crippen molar-refractivity contribution in [1.82, 2.24) is 25.1 Å². The number of hydrogen-bond acceptors (Lipinski definition) is 5. The molecule has 6 nitrogen and oxygen atoms in total. The van der Waals surface area contributed by atoms with Crippen molar-refractivity contribution in [1.29, 1.82) is 0 Å². The summed E-state index contributed by atoms with van der Waals surface area (Å²) >= 11 is 1.94. The number of nitrogens with zero attached hydrogens (tertiary/aromatic N) is 5. The summed E-state index contributed by atoms with van der Waals surface area (Å²) in [6.45, 7) is 3.69. The number of hydrogen-bond donors (Lipinski definition) is 0. The molecule has 1 aromatic heterocycles. The normalized spacial score (nSPS) is 17.5. The standard InChI is InChI=1S/C20H21N5OS/c1-15-5-2-3-8-18(15)19-9-10-24(11-12-27-19)20(26)16-6-4-7-17(13-16)25-14-21-22-23-25/h2-8,13-14,19H,9-12H2,1H3/t19-/m0/s1. The zero-order chi connectivity index (χ0) is 18.6. The minimum absolute atomic E-state index is 0.0657. The van der Waals surface area contributed by atoms with Crippen LogP contribution in [0.3, 0.4) is 0 Å². The highest BCUT2D eigenvalue weighted by atomic mass is 32.2. The van der Waals surface area contributed by atoms with Crippen LogP contribution in [0.5, 0.6) is 0 Å². The van der Waals surface area contributed by atoms with Crippen molar-refractivity contribution in [2.45, 2.75) is 18.6 Å². The van der Waals surface area contributed by atoms with Gasteiger partial charge in [0.05, 0.1) is 5.69 Å². The van der Waals surface area contributed by atoms with E-state index in [1.807, 2.05) is 40.9 Å². The van der Waals surface area contributed by atoms with Crippen molar-refractivity contribution in [3.05, 3.63) is 71.5 Å². The molecule has 4 rings (SSSR count). The van der Waals surface area contributed by atoms with Crippen molar-refractivity contribution in [3.63, 3.8) is 0 Å². The molecule has 1 saturated heterocycles. The first-order valence-electron chi connectivity index (χ1n) is 9.02. The second-order valence-corrected chi connectivity index (χ2v) is 7.91. The predicted molar refractivity (Wildman–Crippen MR) is 106 cm³/mol. The molecule has 7 heteroatoms. The maximum atomic E-state index is 13.0. The highest BCUT2D eigenvalue weighted by Gasteiger charge is 2.23. The molecule has 0 radical (unpaired) electrons. The summed E-state index contributed by atoms with van der Waals surface area (Å²) in [6.07, 6.45) is 2.49. The van der Waals surface area contributed by atoms with E-state index in [0.29, 0.717) is 10.8 Å². The van der Waals surface area contributed by atoms with E-state index < -0.39 is 0 Å². The van der Waals surface area contributed by atoms with Crippen LogP contribution in [0.2, 0.25) is 0 Å². The first-order valence-corrected chi connectivity index (χ1v) is 10.1. The molecule has 2 aromatic carbocycles. The Balaban J connectivity index is 1.49. The zero-order valence-corrected chi connectivity index (χ0v) is 16.0.